The zero-order chi connectivity index (χ0) is 18.4. The number of carbonyl (C=O) groups excluding carboxylic acids is 1. The third-order valence-electron chi connectivity index (χ3n) is 3.21. The lowest BCUT2D eigenvalue weighted by molar-refractivity contribution is -0.128. The minimum absolute atomic E-state index is 0.0320. The van der Waals surface area contributed by atoms with Crippen LogP contribution in [0.4, 0.5) is 8.78 Å². The summed E-state index contributed by atoms with van der Waals surface area (Å²) in [5.41, 5.74) is 1.01. The van der Waals surface area contributed by atoms with E-state index in [1.807, 2.05) is 0 Å². The molecule has 0 fully saturated rings. The van der Waals surface area contributed by atoms with Crippen molar-refractivity contribution in [2.24, 2.45) is 0 Å². The van der Waals surface area contributed by atoms with Crippen LogP contribution in [-0.2, 0) is 4.79 Å². The highest BCUT2D eigenvalue weighted by molar-refractivity contribution is 5.89. The summed E-state index contributed by atoms with van der Waals surface area (Å²) < 4.78 is 39.3. The number of hydrogen-bond donors (Lipinski definition) is 0. The molecule has 26 heavy (non-hydrogen) atoms. The highest BCUT2D eigenvalue weighted by Gasteiger charge is 2.08. The maximum atomic E-state index is 12.4. The Labute approximate surface area is 146 Å². The quantitative estimate of drug-likeness (QED) is 0.377. The Morgan fingerprint density at radius 1 is 1.12 bits per heavy atom. The van der Waals surface area contributed by atoms with Crippen LogP contribution < -0.4 is 9.47 Å². The van der Waals surface area contributed by atoms with Crippen molar-refractivity contribution in [3.05, 3.63) is 66.6 Å². The van der Waals surface area contributed by atoms with Crippen molar-refractivity contribution in [1.29, 1.82) is 0 Å². The van der Waals surface area contributed by atoms with Crippen molar-refractivity contribution in [3.8, 4) is 23.0 Å². The Morgan fingerprint density at radius 3 is 2.58 bits per heavy atom. The zero-order valence-corrected chi connectivity index (χ0v) is 13.2. The molecule has 0 unspecified atom stereocenters. The first-order valence-electron chi connectivity index (χ1n) is 7.42. The molecule has 2 aromatic carbocycles. The monoisotopic (exact) mass is 358 g/mol. The van der Waals surface area contributed by atoms with Gasteiger partial charge >= 0.3 is 12.6 Å². The van der Waals surface area contributed by atoms with Crippen LogP contribution in [0.2, 0.25) is 0 Å². The van der Waals surface area contributed by atoms with Crippen LogP contribution in [-0.4, -0.2) is 22.8 Å². The summed E-state index contributed by atoms with van der Waals surface area (Å²) in [4.78, 5) is 11.9. The van der Waals surface area contributed by atoms with Gasteiger partial charge in [-0.15, -0.1) is 10.2 Å². The lowest BCUT2D eigenvalue weighted by Gasteiger charge is -2.07. The number of benzene rings is 2. The van der Waals surface area contributed by atoms with Crippen molar-refractivity contribution in [2.75, 3.05) is 0 Å². The summed E-state index contributed by atoms with van der Waals surface area (Å²) >= 11 is 0. The highest BCUT2D eigenvalue weighted by atomic mass is 19.3. The molecule has 3 rings (SSSR count). The van der Waals surface area contributed by atoms with Gasteiger partial charge in [0, 0.05) is 17.2 Å². The Morgan fingerprint density at radius 2 is 1.88 bits per heavy atom. The molecule has 6 nitrogen and oxygen atoms in total. The SMILES string of the molecule is O=C(/C=C/c1ccccc1OC(F)F)Oc1ccc(-c2nnco2)cc1. The van der Waals surface area contributed by atoms with Crippen LogP contribution in [0, 0.1) is 0 Å². The maximum absolute atomic E-state index is 12.4. The molecule has 0 amide bonds. The van der Waals surface area contributed by atoms with Gasteiger partial charge in [0.25, 0.3) is 0 Å². The summed E-state index contributed by atoms with van der Waals surface area (Å²) in [6.07, 6.45) is 3.68. The average molecular weight is 358 g/mol. The number of ether oxygens (including phenoxy) is 2. The van der Waals surface area contributed by atoms with E-state index >= 15 is 0 Å². The van der Waals surface area contributed by atoms with Gasteiger partial charge in [-0.3, -0.25) is 0 Å². The molecule has 3 aromatic rings. The summed E-state index contributed by atoms with van der Waals surface area (Å²) in [5.74, 6) is -0.0451. The molecule has 0 radical (unpaired) electrons. The van der Waals surface area contributed by atoms with Crippen LogP contribution in [0.5, 0.6) is 11.5 Å². The molecule has 0 atom stereocenters. The fourth-order valence-electron chi connectivity index (χ4n) is 2.09. The number of rotatable bonds is 6. The lowest BCUT2D eigenvalue weighted by Crippen LogP contribution is -2.04. The number of alkyl halides is 2. The Hall–Kier alpha value is -3.55. The van der Waals surface area contributed by atoms with Crippen molar-refractivity contribution < 1.29 is 27.5 Å². The van der Waals surface area contributed by atoms with E-state index in [1.165, 1.54) is 18.5 Å². The lowest BCUT2D eigenvalue weighted by atomic mass is 10.2. The number of nitrogens with zero attached hydrogens (tertiary/aromatic N) is 2. The van der Waals surface area contributed by atoms with E-state index in [1.54, 1.807) is 42.5 Å². The van der Waals surface area contributed by atoms with Crippen LogP contribution in [0.1, 0.15) is 5.56 Å². The van der Waals surface area contributed by atoms with Crippen LogP contribution >= 0.6 is 0 Å². The van der Waals surface area contributed by atoms with Crippen molar-refractivity contribution in [3.63, 3.8) is 0 Å². The minimum Gasteiger partial charge on any atom is -0.434 e. The van der Waals surface area contributed by atoms with Gasteiger partial charge in [-0.05, 0) is 36.4 Å². The first-order valence-corrected chi connectivity index (χ1v) is 7.42. The molecular weight excluding hydrogens is 346 g/mol. The third-order valence-corrected chi connectivity index (χ3v) is 3.21. The zero-order valence-electron chi connectivity index (χ0n) is 13.2. The van der Waals surface area contributed by atoms with E-state index in [9.17, 15) is 13.6 Å². The number of hydrogen-bond acceptors (Lipinski definition) is 6. The second-order valence-electron chi connectivity index (χ2n) is 4.94. The number of esters is 1. The second kappa shape index (κ2) is 8.02. The van der Waals surface area contributed by atoms with Crippen LogP contribution in [0.25, 0.3) is 17.5 Å². The van der Waals surface area contributed by atoms with E-state index in [-0.39, 0.29) is 5.75 Å². The van der Waals surface area contributed by atoms with Crippen LogP contribution in [0.3, 0.4) is 0 Å². The number of para-hydroxylation sites is 1. The van der Waals surface area contributed by atoms with Crippen molar-refractivity contribution >= 4 is 12.0 Å². The first-order chi connectivity index (χ1) is 12.6. The largest absolute Gasteiger partial charge is 0.434 e. The number of halogens is 2. The smallest absolute Gasteiger partial charge is 0.387 e. The molecule has 0 N–H and O–H groups in total. The fourth-order valence-corrected chi connectivity index (χ4v) is 2.09. The summed E-state index contributed by atoms with van der Waals surface area (Å²) in [7, 11) is 0. The van der Waals surface area contributed by atoms with Gasteiger partial charge in [-0.1, -0.05) is 18.2 Å². The molecule has 0 aliphatic rings. The van der Waals surface area contributed by atoms with Gasteiger partial charge < -0.3 is 13.9 Å². The molecule has 0 aliphatic carbocycles. The molecule has 0 saturated carbocycles. The van der Waals surface area contributed by atoms with Crippen molar-refractivity contribution in [1.82, 2.24) is 10.2 Å². The normalized spacial score (nSPS) is 11.0. The molecule has 0 aliphatic heterocycles. The summed E-state index contributed by atoms with van der Waals surface area (Å²) in [6.45, 7) is -2.95. The Kier molecular flexibility index (Phi) is 5.33. The fraction of sp³-hybridized carbons (Fsp3) is 0.0556. The third kappa shape index (κ3) is 4.50. The standard InChI is InChI=1S/C18H12F2N2O4/c19-18(20)26-15-4-2-1-3-12(15)7-10-16(23)25-14-8-5-13(6-9-14)17-22-21-11-24-17/h1-11,18H/b10-7+. The second-order valence-corrected chi connectivity index (χ2v) is 4.94. The highest BCUT2D eigenvalue weighted by Crippen LogP contribution is 2.22. The maximum Gasteiger partial charge on any atom is 0.387 e. The first kappa shape index (κ1) is 17.3. The van der Waals surface area contributed by atoms with E-state index in [0.717, 1.165) is 6.08 Å². The van der Waals surface area contributed by atoms with Gasteiger partial charge in [0.05, 0.1) is 0 Å². The van der Waals surface area contributed by atoms with E-state index < -0.39 is 12.6 Å². The molecule has 0 saturated heterocycles. The van der Waals surface area contributed by atoms with E-state index in [2.05, 4.69) is 14.9 Å². The molecule has 1 aromatic heterocycles. The molecule has 8 heteroatoms. The van der Waals surface area contributed by atoms with Gasteiger partial charge in [-0.25, -0.2) is 4.79 Å². The molecular formula is C18H12F2N2O4. The number of aromatic nitrogens is 2. The summed E-state index contributed by atoms with van der Waals surface area (Å²) in [5, 5.41) is 7.35. The van der Waals surface area contributed by atoms with E-state index in [4.69, 9.17) is 9.15 Å². The molecule has 132 valence electrons. The van der Waals surface area contributed by atoms with Crippen molar-refractivity contribution in [2.45, 2.75) is 6.61 Å². The predicted molar refractivity (Wildman–Crippen MR) is 87.5 cm³/mol. The molecule has 0 spiro atoms. The van der Waals surface area contributed by atoms with Crippen LogP contribution in [0.15, 0.2) is 65.4 Å². The minimum atomic E-state index is -2.95. The summed E-state index contributed by atoms with van der Waals surface area (Å²) in [6, 6.07) is 12.6. The Bertz CT molecular complexity index is 894. The van der Waals surface area contributed by atoms with Gasteiger partial charge in [0.1, 0.15) is 11.5 Å². The number of carbonyl (C=O) groups is 1. The Balaban J connectivity index is 1.65. The molecule has 1 heterocycles. The van der Waals surface area contributed by atoms with Gasteiger partial charge in [0.15, 0.2) is 0 Å². The van der Waals surface area contributed by atoms with E-state index in [0.29, 0.717) is 22.8 Å². The average Bonchev–Trinajstić information content (AvgIpc) is 3.16. The van der Waals surface area contributed by atoms with Gasteiger partial charge in [-0.2, -0.15) is 8.78 Å². The topological polar surface area (TPSA) is 74.5 Å². The predicted octanol–water partition coefficient (Wildman–Crippen LogP) is 3.96. The van der Waals surface area contributed by atoms with Gasteiger partial charge in [0.2, 0.25) is 12.3 Å². The molecule has 0 bridgehead atoms.